The maximum Gasteiger partial charge on any atom is 0.311 e. The van der Waals surface area contributed by atoms with Gasteiger partial charge < -0.3 is 10.1 Å². The smallest absolute Gasteiger partial charge is 0.311 e. The molecule has 0 saturated heterocycles. The molecule has 0 atom stereocenters. The van der Waals surface area contributed by atoms with Crippen molar-refractivity contribution in [3.8, 4) is 5.75 Å². The zero-order valence-corrected chi connectivity index (χ0v) is 12.8. The lowest BCUT2D eigenvalue weighted by molar-refractivity contribution is -0.384. The third-order valence-corrected chi connectivity index (χ3v) is 3.35. The summed E-state index contributed by atoms with van der Waals surface area (Å²) < 4.78 is 5.71. The minimum absolute atomic E-state index is 0.0677. The zero-order valence-electron chi connectivity index (χ0n) is 12.8. The Hall–Kier alpha value is -3.41. The van der Waals surface area contributed by atoms with E-state index in [0.29, 0.717) is 12.3 Å². The van der Waals surface area contributed by atoms with E-state index in [-0.39, 0.29) is 11.5 Å². The van der Waals surface area contributed by atoms with E-state index >= 15 is 0 Å². The Morgan fingerprint density at radius 2 is 1.75 bits per heavy atom. The molecule has 1 N–H and O–H groups in total. The minimum atomic E-state index is -0.466. The van der Waals surface area contributed by atoms with E-state index in [1.54, 1.807) is 24.3 Å². The molecule has 1 heterocycles. The second kappa shape index (κ2) is 7.23. The van der Waals surface area contributed by atoms with Crippen LogP contribution in [0.4, 0.5) is 17.2 Å². The Balaban J connectivity index is 1.66. The van der Waals surface area contributed by atoms with E-state index in [2.05, 4.69) is 10.3 Å². The molecule has 0 amide bonds. The van der Waals surface area contributed by atoms with Crippen LogP contribution in [0.15, 0.2) is 72.9 Å². The van der Waals surface area contributed by atoms with E-state index in [4.69, 9.17) is 4.74 Å². The van der Waals surface area contributed by atoms with Crippen LogP contribution in [-0.4, -0.2) is 9.91 Å². The highest BCUT2D eigenvalue weighted by Crippen LogP contribution is 2.25. The maximum atomic E-state index is 11.0. The average molecular weight is 321 g/mol. The van der Waals surface area contributed by atoms with Gasteiger partial charge in [0, 0.05) is 18.0 Å². The van der Waals surface area contributed by atoms with Gasteiger partial charge in [0.2, 0.25) is 5.82 Å². The van der Waals surface area contributed by atoms with E-state index in [9.17, 15) is 10.1 Å². The lowest BCUT2D eigenvalue weighted by atomic mass is 10.2. The number of pyridine rings is 1. The molecular formula is C18H15N3O3. The van der Waals surface area contributed by atoms with Crippen molar-refractivity contribution in [3.63, 3.8) is 0 Å². The number of nitro groups is 1. The maximum absolute atomic E-state index is 11.0. The fraction of sp³-hybridized carbons (Fsp3) is 0.0556. The first-order chi connectivity index (χ1) is 11.7. The summed E-state index contributed by atoms with van der Waals surface area (Å²) in [7, 11) is 0. The summed E-state index contributed by atoms with van der Waals surface area (Å²) in [4.78, 5) is 14.5. The predicted molar refractivity (Wildman–Crippen MR) is 91.4 cm³/mol. The molecule has 0 aliphatic heterocycles. The van der Waals surface area contributed by atoms with Crippen LogP contribution in [0.3, 0.4) is 0 Å². The summed E-state index contributed by atoms with van der Waals surface area (Å²) in [6.07, 6.45) is 1.51. The average Bonchev–Trinajstić information content (AvgIpc) is 2.62. The molecule has 1 aromatic heterocycles. The Labute approximate surface area is 138 Å². The van der Waals surface area contributed by atoms with Gasteiger partial charge in [-0.3, -0.25) is 10.1 Å². The Morgan fingerprint density at radius 1 is 1.00 bits per heavy atom. The molecule has 0 radical (unpaired) electrons. The van der Waals surface area contributed by atoms with Crippen LogP contribution in [0.5, 0.6) is 5.75 Å². The van der Waals surface area contributed by atoms with Crippen LogP contribution in [-0.2, 0) is 6.61 Å². The normalized spacial score (nSPS) is 10.2. The third-order valence-electron chi connectivity index (χ3n) is 3.35. The van der Waals surface area contributed by atoms with Crippen molar-refractivity contribution < 1.29 is 9.66 Å². The van der Waals surface area contributed by atoms with E-state index < -0.39 is 4.92 Å². The number of ether oxygens (including phenoxy) is 1. The van der Waals surface area contributed by atoms with Crippen LogP contribution in [0, 0.1) is 10.1 Å². The molecule has 2 aromatic carbocycles. The summed E-state index contributed by atoms with van der Waals surface area (Å²) in [5.74, 6) is 0.931. The Morgan fingerprint density at radius 3 is 2.46 bits per heavy atom. The van der Waals surface area contributed by atoms with E-state index in [1.807, 2.05) is 30.3 Å². The SMILES string of the molecule is O=[N+]([O-])c1cccnc1Nc1ccc(OCc2ccccc2)cc1. The number of anilines is 2. The van der Waals surface area contributed by atoms with E-state index in [1.165, 1.54) is 18.3 Å². The Bertz CT molecular complexity index is 820. The summed E-state index contributed by atoms with van der Waals surface area (Å²) in [5.41, 5.74) is 1.72. The van der Waals surface area contributed by atoms with Gasteiger partial charge in [0.1, 0.15) is 12.4 Å². The lowest BCUT2D eigenvalue weighted by Gasteiger charge is -2.09. The highest BCUT2D eigenvalue weighted by molar-refractivity contribution is 5.65. The number of rotatable bonds is 6. The minimum Gasteiger partial charge on any atom is -0.489 e. The summed E-state index contributed by atoms with van der Waals surface area (Å²) in [6, 6.07) is 20.0. The number of hydrogen-bond donors (Lipinski definition) is 1. The van der Waals surface area contributed by atoms with Crippen molar-refractivity contribution in [1.82, 2.24) is 4.98 Å². The molecule has 0 fully saturated rings. The molecule has 0 spiro atoms. The molecule has 120 valence electrons. The lowest BCUT2D eigenvalue weighted by Crippen LogP contribution is -1.99. The van der Waals surface area contributed by atoms with Crippen molar-refractivity contribution in [2.24, 2.45) is 0 Å². The largest absolute Gasteiger partial charge is 0.489 e. The van der Waals surface area contributed by atoms with Gasteiger partial charge in [-0.15, -0.1) is 0 Å². The molecule has 24 heavy (non-hydrogen) atoms. The van der Waals surface area contributed by atoms with Crippen molar-refractivity contribution >= 4 is 17.2 Å². The molecule has 0 aliphatic rings. The van der Waals surface area contributed by atoms with Gasteiger partial charge in [-0.05, 0) is 35.9 Å². The van der Waals surface area contributed by atoms with Crippen molar-refractivity contribution in [2.45, 2.75) is 6.61 Å². The quantitative estimate of drug-likeness (QED) is 0.540. The van der Waals surface area contributed by atoms with Crippen LogP contribution in [0.25, 0.3) is 0 Å². The predicted octanol–water partition coefficient (Wildman–Crippen LogP) is 4.31. The monoisotopic (exact) mass is 321 g/mol. The van der Waals surface area contributed by atoms with Crippen molar-refractivity contribution in [3.05, 3.63) is 88.6 Å². The van der Waals surface area contributed by atoms with Gasteiger partial charge in [-0.25, -0.2) is 4.98 Å². The highest BCUT2D eigenvalue weighted by Gasteiger charge is 2.13. The van der Waals surface area contributed by atoms with Gasteiger partial charge in [-0.1, -0.05) is 30.3 Å². The molecule has 0 bridgehead atoms. The third kappa shape index (κ3) is 3.86. The first-order valence-corrected chi connectivity index (χ1v) is 7.35. The van der Waals surface area contributed by atoms with Gasteiger partial charge in [0.15, 0.2) is 0 Å². The van der Waals surface area contributed by atoms with Gasteiger partial charge in [0.05, 0.1) is 4.92 Å². The second-order valence-electron chi connectivity index (χ2n) is 5.05. The van der Waals surface area contributed by atoms with Crippen LogP contribution in [0.2, 0.25) is 0 Å². The first-order valence-electron chi connectivity index (χ1n) is 7.35. The molecule has 6 nitrogen and oxygen atoms in total. The number of nitrogens with zero attached hydrogens (tertiary/aromatic N) is 2. The number of aromatic nitrogens is 1. The molecule has 0 saturated carbocycles. The zero-order chi connectivity index (χ0) is 16.8. The summed E-state index contributed by atoms with van der Waals surface area (Å²) >= 11 is 0. The van der Waals surface area contributed by atoms with Gasteiger partial charge in [-0.2, -0.15) is 0 Å². The van der Waals surface area contributed by atoms with Crippen LogP contribution >= 0.6 is 0 Å². The molecule has 6 heteroatoms. The molecule has 3 aromatic rings. The summed E-state index contributed by atoms with van der Waals surface area (Å²) in [5, 5.41) is 13.9. The standard InChI is InChI=1S/C18H15N3O3/c22-21(23)17-7-4-12-19-18(17)20-15-8-10-16(11-9-15)24-13-14-5-2-1-3-6-14/h1-12H,13H2,(H,19,20). The second-order valence-corrected chi connectivity index (χ2v) is 5.05. The molecule has 3 rings (SSSR count). The number of hydrogen-bond acceptors (Lipinski definition) is 5. The first kappa shape index (κ1) is 15.5. The van der Waals surface area contributed by atoms with Crippen LogP contribution < -0.4 is 10.1 Å². The molecule has 0 aliphatic carbocycles. The van der Waals surface area contributed by atoms with Crippen LogP contribution in [0.1, 0.15) is 5.56 Å². The van der Waals surface area contributed by atoms with Gasteiger partial charge >= 0.3 is 5.69 Å². The number of nitrogens with one attached hydrogen (secondary N) is 1. The summed E-state index contributed by atoms with van der Waals surface area (Å²) in [6.45, 7) is 0.485. The number of benzene rings is 2. The molecular weight excluding hydrogens is 306 g/mol. The fourth-order valence-corrected chi connectivity index (χ4v) is 2.15. The molecule has 0 unspecified atom stereocenters. The van der Waals surface area contributed by atoms with Crippen molar-refractivity contribution in [1.29, 1.82) is 0 Å². The van der Waals surface area contributed by atoms with E-state index in [0.717, 1.165) is 11.3 Å². The Kier molecular flexibility index (Phi) is 4.67. The fourth-order valence-electron chi connectivity index (χ4n) is 2.15. The van der Waals surface area contributed by atoms with Gasteiger partial charge in [0.25, 0.3) is 0 Å². The van der Waals surface area contributed by atoms with Crippen molar-refractivity contribution in [2.75, 3.05) is 5.32 Å². The topological polar surface area (TPSA) is 77.3 Å². The highest BCUT2D eigenvalue weighted by atomic mass is 16.6.